The van der Waals surface area contributed by atoms with E-state index in [4.69, 9.17) is 14.3 Å². The predicted octanol–water partition coefficient (Wildman–Crippen LogP) is 4.96. The molecule has 1 unspecified atom stereocenters. The van der Waals surface area contributed by atoms with E-state index in [1.165, 1.54) is 25.4 Å². The van der Waals surface area contributed by atoms with Crippen LogP contribution in [0.2, 0.25) is 0 Å². The second-order valence-corrected chi connectivity index (χ2v) is 7.31. The Kier molecular flexibility index (Phi) is 4.49. The minimum Gasteiger partial charge on any atom is -0.497 e. The van der Waals surface area contributed by atoms with Crippen LogP contribution in [-0.2, 0) is 9.73 Å². The minimum atomic E-state index is -5.13. The van der Waals surface area contributed by atoms with Crippen molar-refractivity contribution >= 4 is 20.6 Å². The maximum Gasteiger partial charge on any atom is 0.483 e. The zero-order chi connectivity index (χ0) is 18.9. The summed E-state index contributed by atoms with van der Waals surface area (Å²) < 4.78 is 67.6. The molecule has 1 atom stereocenters. The number of nitrogens with zero attached hydrogens (tertiary/aromatic N) is 1. The van der Waals surface area contributed by atoms with Crippen LogP contribution in [0, 0.1) is 4.78 Å². The summed E-state index contributed by atoms with van der Waals surface area (Å²) in [7, 11) is -3.35. The Labute approximate surface area is 147 Å². The summed E-state index contributed by atoms with van der Waals surface area (Å²) in [6, 6.07) is 11.3. The molecule has 136 valence electrons. The largest absolute Gasteiger partial charge is 0.497 e. The van der Waals surface area contributed by atoms with Crippen LogP contribution in [0.1, 0.15) is 0 Å². The number of hydrogen-bond donors (Lipinski definition) is 1. The highest BCUT2D eigenvalue weighted by atomic mass is 32.2. The zero-order valence-corrected chi connectivity index (χ0v) is 14.2. The highest BCUT2D eigenvalue weighted by Crippen LogP contribution is 2.34. The second-order valence-electron chi connectivity index (χ2n) is 5.27. The molecule has 0 amide bonds. The van der Waals surface area contributed by atoms with Gasteiger partial charge in [0.1, 0.15) is 17.2 Å². The average molecular weight is 382 g/mol. The molecule has 0 radical (unpaired) electrons. The van der Waals surface area contributed by atoms with Crippen LogP contribution in [0.5, 0.6) is 17.2 Å². The zero-order valence-electron chi connectivity index (χ0n) is 13.4. The first-order valence-corrected chi connectivity index (χ1v) is 8.84. The number of methoxy groups -OCH3 is 1. The topological polar surface area (TPSA) is 72.3 Å². The quantitative estimate of drug-likeness (QED) is 0.692. The van der Waals surface area contributed by atoms with E-state index < -0.39 is 20.1 Å². The van der Waals surface area contributed by atoms with Crippen LogP contribution >= 0.6 is 0 Å². The Morgan fingerprint density at radius 3 is 2.31 bits per heavy atom. The third-order valence-corrected chi connectivity index (χ3v) is 5.21. The lowest BCUT2D eigenvalue weighted by molar-refractivity contribution is -0.0406. The SMILES string of the molecule is COc1ccc2c(Oc3ccc(S(=N)(=O)C(F)(F)F)cc3)ccnc2c1. The van der Waals surface area contributed by atoms with Crippen molar-refractivity contribution in [1.82, 2.24) is 4.98 Å². The van der Waals surface area contributed by atoms with E-state index in [9.17, 15) is 17.4 Å². The van der Waals surface area contributed by atoms with E-state index in [1.54, 1.807) is 24.3 Å². The van der Waals surface area contributed by atoms with Gasteiger partial charge in [0.05, 0.1) is 17.5 Å². The van der Waals surface area contributed by atoms with E-state index >= 15 is 0 Å². The Balaban J connectivity index is 1.92. The number of rotatable bonds is 4. The second kappa shape index (κ2) is 6.49. The first-order chi connectivity index (χ1) is 12.2. The molecule has 0 bridgehead atoms. The van der Waals surface area contributed by atoms with E-state index in [2.05, 4.69) is 4.98 Å². The summed E-state index contributed by atoms with van der Waals surface area (Å²) in [6.07, 6.45) is 1.53. The van der Waals surface area contributed by atoms with Gasteiger partial charge in [-0.05, 0) is 42.5 Å². The fraction of sp³-hybridized carbons (Fsp3) is 0.118. The van der Waals surface area contributed by atoms with Crippen molar-refractivity contribution < 1.29 is 26.9 Å². The van der Waals surface area contributed by atoms with Crippen molar-refractivity contribution in [2.24, 2.45) is 0 Å². The number of alkyl halides is 3. The van der Waals surface area contributed by atoms with Crippen LogP contribution in [-0.4, -0.2) is 21.8 Å². The van der Waals surface area contributed by atoms with Crippen molar-refractivity contribution in [2.75, 3.05) is 7.11 Å². The van der Waals surface area contributed by atoms with E-state index in [1.807, 2.05) is 0 Å². The number of halogens is 3. The monoisotopic (exact) mass is 382 g/mol. The number of benzene rings is 2. The van der Waals surface area contributed by atoms with E-state index in [0.29, 0.717) is 22.4 Å². The first kappa shape index (κ1) is 18.0. The summed E-state index contributed by atoms with van der Waals surface area (Å²) in [4.78, 5) is 3.59. The smallest absolute Gasteiger partial charge is 0.483 e. The van der Waals surface area contributed by atoms with Crippen molar-refractivity contribution in [2.45, 2.75) is 10.4 Å². The molecule has 1 aromatic heterocycles. The van der Waals surface area contributed by atoms with Gasteiger partial charge in [0.25, 0.3) is 0 Å². The standard InChI is InChI=1S/C17H13F3N2O3S/c1-24-12-4-7-14-15(10-12)22-9-8-16(14)25-11-2-5-13(6-3-11)26(21,23)17(18,19)20/h2-10,21H,1H3. The molecule has 9 heteroatoms. The van der Waals surface area contributed by atoms with Gasteiger partial charge in [-0.2, -0.15) is 13.2 Å². The van der Waals surface area contributed by atoms with Gasteiger partial charge in [-0.15, -0.1) is 0 Å². The Morgan fingerprint density at radius 1 is 1.04 bits per heavy atom. The lowest BCUT2D eigenvalue weighted by Gasteiger charge is -2.12. The van der Waals surface area contributed by atoms with Gasteiger partial charge >= 0.3 is 5.51 Å². The van der Waals surface area contributed by atoms with Gasteiger partial charge in [0.2, 0.25) is 0 Å². The maximum atomic E-state index is 12.7. The summed E-state index contributed by atoms with van der Waals surface area (Å²) in [5.41, 5.74) is -4.50. The van der Waals surface area contributed by atoms with Crippen LogP contribution in [0.25, 0.3) is 10.9 Å². The molecule has 0 saturated carbocycles. The summed E-state index contributed by atoms with van der Waals surface area (Å²) in [5.74, 6) is 1.33. The molecule has 0 aliphatic carbocycles. The summed E-state index contributed by atoms with van der Waals surface area (Å²) in [6.45, 7) is 0. The predicted molar refractivity (Wildman–Crippen MR) is 90.0 cm³/mol. The molecule has 3 rings (SSSR count). The molecule has 26 heavy (non-hydrogen) atoms. The number of ether oxygens (including phenoxy) is 2. The van der Waals surface area contributed by atoms with Gasteiger partial charge in [0.15, 0.2) is 9.73 Å². The average Bonchev–Trinajstić information content (AvgIpc) is 2.61. The number of fused-ring (bicyclic) bond motifs is 1. The number of hydrogen-bond acceptors (Lipinski definition) is 5. The van der Waals surface area contributed by atoms with Crippen molar-refractivity contribution in [1.29, 1.82) is 4.78 Å². The molecule has 1 heterocycles. The van der Waals surface area contributed by atoms with E-state index in [0.717, 1.165) is 12.1 Å². The van der Waals surface area contributed by atoms with Crippen molar-refractivity contribution in [3.63, 3.8) is 0 Å². The molecule has 0 saturated heterocycles. The summed E-state index contributed by atoms with van der Waals surface area (Å²) >= 11 is 0. The van der Waals surface area contributed by atoms with Crippen molar-refractivity contribution in [3.05, 3.63) is 54.7 Å². The number of aromatic nitrogens is 1. The maximum absolute atomic E-state index is 12.7. The minimum absolute atomic E-state index is 0.245. The molecule has 0 aliphatic heterocycles. The van der Waals surface area contributed by atoms with E-state index in [-0.39, 0.29) is 5.75 Å². The molecular weight excluding hydrogens is 369 g/mol. The Hall–Kier alpha value is -2.81. The molecule has 0 spiro atoms. The molecule has 0 fully saturated rings. The highest BCUT2D eigenvalue weighted by Gasteiger charge is 2.43. The van der Waals surface area contributed by atoms with Crippen LogP contribution in [0.4, 0.5) is 13.2 Å². The molecular formula is C17H13F3N2O3S. The molecule has 1 N–H and O–H groups in total. The van der Waals surface area contributed by atoms with Crippen LogP contribution in [0.3, 0.4) is 0 Å². The molecule has 3 aromatic rings. The van der Waals surface area contributed by atoms with Crippen LogP contribution in [0.15, 0.2) is 59.6 Å². The van der Waals surface area contributed by atoms with Gasteiger partial charge in [-0.3, -0.25) is 4.98 Å². The highest BCUT2D eigenvalue weighted by molar-refractivity contribution is 7.93. The summed E-state index contributed by atoms with van der Waals surface area (Å²) in [5, 5.41) is 0.692. The van der Waals surface area contributed by atoms with Gasteiger partial charge in [-0.1, -0.05) is 0 Å². The third kappa shape index (κ3) is 3.30. The first-order valence-electron chi connectivity index (χ1n) is 7.28. The van der Waals surface area contributed by atoms with Crippen LogP contribution < -0.4 is 9.47 Å². The van der Waals surface area contributed by atoms with Gasteiger partial charge in [-0.25, -0.2) is 8.99 Å². The van der Waals surface area contributed by atoms with Crippen molar-refractivity contribution in [3.8, 4) is 17.2 Å². The Bertz CT molecular complexity index is 1050. The fourth-order valence-electron chi connectivity index (χ4n) is 2.28. The number of nitrogens with one attached hydrogen (secondary N) is 1. The lowest BCUT2D eigenvalue weighted by Crippen LogP contribution is -2.21. The molecule has 2 aromatic carbocycles. The van der Waals surface area contributed by atoms with Gasteiger partial charge < -0.3 is 9.47 Å². The number of pyridine rings is 1. The van der Waals surface area contributed by atoms with Gasteiger partial charge in [0, 0.05) is 17.6 Å². The third-order valence-electron chi connectivity index (χ3n) is 3.62. The molecule has 5 nitrogen and oxygen atoms in total. The Morgan fingerprint density at radius 2 is 1.69 bits per heavy atom. The molecule has 0 aliphatic rings. The lowest BCUT2D eigenvalue weighted by atomic mass is 10.2. The normalized spacial score (nSPS) is 14.0. The fourth-order valence-corrected chi connectivity index (χ4v) is 3.06.